The monoisotopic (exact) mass is 437 g/mol. The molecule has 1 aliphatic carbocycles. The summed E-state index contributed by atoms with van der Waals surface area (Å²) in [7, 11) is 0. The van der Waals surface area contributed by atoms with Crippen LogP contribution in [0.4, 0.5) is 0 Å². The van der Waals surface area contributed by atoms with E-state index in [2.05, 4.69) is 5.16 Å². The summed E-state index contributed by atoms with van der Waals surface area (Å²) in [5.74, 6) is -4.22. The Balaban J connectivity index is 2.05. The number of halogens is 2. The molecule has 1 saturated carbocycles. The highest BCUT2D eigenvalue weighted by atomic mass is 35.5. The van der Waals surface area contributed by atoms with E-state index in [1.807, 2.05) is 0 Å². The van der Waals surface area contributed by atoms with Gasteiger partial charge in [-0.05, 0) is 45.4 Å². The summed E-state index contributed by atoms with van der Waals surface area (Å²) < 4.78 is 0. The predicted molar refractivity (Wildman–Crippen MR) is 109 cm³/mol. The van der Waals surface area contributed by atoms with Crippen LogP contribution in [-0.4, -0.2) is 35.5 Å². The minimum absolute atomic E-state index is 0.0261. The van der Waals surface area contributed by atoms with Gasteiger partial charge in [0, 0.05) is 23.4 Å². The van der Waals surface area contributed by atoms with Gasteiger partial charge in [-0.3, -0.25) is 19.2 Å². The molecule has 0 unspecified atom stereocenters. The van der Waals surface area contributed by atoms with Crippen LogP contribution in [0.5, 0.6) is 0 Å². The molecule has 1 aromatic carbocycles. The van der Waals surface area contributed by atoms with Crippen LogP contribution in [0, 0.1) is 16.7 Å². The van der Waals surface area contributed by atoms with Crippen molar-refractivity contribution in [1.82, 2.24) is 0 Å². The fourth-order valence-electron chi connectivity index (χ4n) is 3.86. The van der Waals surface area contributed by atoms with E-state index >= 15 is 0 Å². The summed E-state index contributed by atoms with van der Waals surface area (Å²) >= 11 is 12.7. The quantitative estimate of drug-likeness (QED) is 0.526. The second-order valence-corrected chi connectivity index (χ2v) is 9.20. The fourth-order valence-corrected chi connectivity index (χ4v) is 4.46. The summed E-state index contributed by atoms with van der Waals surface area (Å²) in [5, 5.41) is 4.34. The molecule has 29 heavy (non-hydrogen) atoms. The summed E-state index contributed by atoms with van der Waals surface area (Å²) in [6.07, 6.45) is 0.912. The van der Waals surface area contributed by atoms with Crippen LogP contribution in [-0.2, 0) is 25.6 Å². The van der Waals surface area contributed by atoms with E-state index in [-0.39, 0.29) is 10.6 Å². The number of carbonyl (C=O) groups is 4. The van der Waals surface area contributed by atoms with Gasteiger partial charge in [-0.25, -0.2) is 0 Å². The van der Waals surface area contributed by atoms with E-state index in [4.69, 9.17) is 28.0 Å². The van der Waals surface area contributed by atoms with Crippen LogP contribution < -0.4 is 0 Å². The lowest BCUT2D eigenvalue weighted by Gasteiger charge is -2.40. The number of nitrogens with zero attached hydrogens (tertiary/aromatic N) is 1. The minimum Gasteiger partial charge on any atom is -0.395 e. The highest BCUT2D eigenvalue weighted by Gasteiger charge is 2.60. The molecule has 1 fully saturated rings. The van der Waals surface area contributed by atoms with Crippen molar-refractivity contribution in [2.45, 2.75) is 40.5 Å². The number of hydrogen-bond acceptors (Lipinski definition) is 6. The molecule has 3 rings (SSSR count). The van der Waals surface area contributed by atoms with Crippen LogP contribution in [0.15, 0.2) is 17.3 Å². The lowest BCUT2D eigenvalue weighted by Crippen LogP contribution is -2.59. The van der Waals surface area contributed by atoms with Gasteiger partial charge in [0.1, 0.15) is 12.5 Å². The first kappa shape index (κ1) is 21.7. The molecule has 2 aliphatic rings. The van der Waals surface area contributed by atoms with Crippen LogP contribution in [0.1, 0.15) is 50.0 Å². The minimum atomic E-state index is -1.59. The van der Waals surface area contributed by atoms with Crippen LogP contribution in [0.2, 0.25) is 10.0 Å². The number of Topliss-reactive ketones (excluding diaryl/α,β-unsaturated/α-hetero) is 4. The maximum Gasteiger partial charge on any atom is 0.182 e. The smallest absolute Gasteiger partial charge is 0.182 e. The first-order valence-corrected chi connectivity index (χ1v) is 9.98. The average molecular weight is 438 g/mol. The standard InChI is InChI=1S/C21H21Cl2NO5/c1-20(2)17(26)14(18(27)21(3,4)19(20)28)16(25)11-5-6-13(22)12(15(11)23)9-10-7-8-29-24-10/h5-6,14H,7-9H2,1-4H3. The van der Waals surface area contributed by atoms with Gasteiger partial charge < -0.3 is 4.84 Å². The first-order chi connectivity index (χ1) is 13.4. The van der Waals surface area contributed by atoms with Crippen molar-refractivity contribution in [2.75, 3.05) is 6.61 Å². The topological polar surface area (TPSA) is 89.9 Å². The summed E-state index contributed by atoms with van der Waals surface area (Å²) in [6, 6.07) is 2.91. The fraction of sp³-hybridized carbons (Fsp3) is 0.476. The number of ketones is 4. The van der Waals surface area contributed by atoms with Crippen molar-refractivity contribution in [3.05, 3.63) is 33.3 Å². The molecule has 0 radical (unpaired) electrons. The molecule has 1 heterocycles. The molecule has 0 N–H and O–H groups in total. The Morgan fingerprint density at radius 3 is 2.21 bits per heavy atom. The summed E-state index contributed by atoms with van der Waals surface area (Å²) in [4.78, 5) is 56.8. The number of oxime groups is 1. The second-order valence-electron chi connectivity index (χ2n) is 8.41. The lowest BCUT2D eigenvalue weighted by atomic mass is 9.57. The van der Waals surface area contributed by atoms with Gasteiger partial charge in [0.25, 0.3) is 0 Å². The van der Waals surface area contributed by atoms with Crippen molar-refractivity contribution in [2.24, 2.45) is 21.9 Å². The Bertz CT molecular complexity index is 948. The Kier molecular flexibility index (Phi) is 5.47. The number of hydrogen-bond donors (Lipinski definition) is 0. The SMILES string of the molecule is CC1(C)C(=O)C(C(=O)c2ccc(Cl)c(CC3=NOCC3)c2Cl)C(=O)C(C)(C)C1=O. The molecule has 0 amide bonds. The molecule has 154 valence electrons. The van der Waals surface area contributed by atoms with Crippen molar-refractivity contribution in [3.63, 3.8) is 0 Å². The zero-order chi connectivity index (χ0) is 21.7. The van der Waals surface area contributed by atoms with Gasteiger partial charge in [-0.1, -0.05) is 28.4 Å². The van der Waals surface area contributed by atoms with Crippen molar-refractivity contribution in [3.8, 4) is 0 Å². The van der Waals surface area contributed by atoms with Gasteiger partial charge in [0.2, 0.25) is 0 Å². The zero-order valence-electron chi connectivity index (χ0n) is 16.6. The largest absolute Gasteiger partial charge is 0.395 e. The van der Waals surface area contributed by atoms with Crippen molar-refractivity contribution in [1.29, 1.82) is 0 Å². The molecular formula is C21H21Cl2NO5. The first-order valence-electron chi connectivity index (χ1n) is 9.23. The van der Waals surface area contributed by atoms with Gasteiger partial charge in [0.15, 0.2) is 23.1 Å². The van der Waals surface area contributed by atoms with E-state index in [1.165, 1.54) is 39.8 Å². The number of benzene rings is 1. The van der Waals surface area contributed by atoms with E-state index in [1.54, 1.807) is 0 Å². The highest BCUT2D eigenvalue weighted by Crippen LogP contribution is 2.43. The average Bonchev–Trinajstić information content (AvgIpc) is 3.16. The molecular weight excluding hydrogens is 417 g/mol. The number of carbonyl (C=O) groups excluding carboxylic acids is 4. The second kappa shape index (κ2) is 7.33. The predicted octanol–water partition coefficient (Wildman–Crippen LogP) is 3.88. The van der Waals surface area contributed by atoms with Crippen LogP contribution in [0.3, 0.4) is 0 Å². The van der Waals surface area contributed by atoms with Gasteiger partial charge in [-0.2, -0.15) is 0 Å². The molecule has 8 heteroatoms. The molecule has 0 aromatic heterocycles. The maximum atomic E-state index is 13.3. The Morgan fingerprint density at radius 1 is 1.10 bits per heavy atom. The van der Waals surface area contributed by atoms with Crippen molar-refractivity contribution < 1.29 is 24.0 Å². The molecule has 0 bridgehead atoms. The lowest BCUT2D eigenvalue weighted by molar-refractivity contribution is -0.158. The van der Waals surface area contributed by atoms with Gasteiger partial charge in [-0.15, -0.1) is 0 Å². The Morgan fingerprint density at radius 2 is 1.69 bits per heavy atom. The molecule has 1 aliphatic heterocycles. The van der Waals surface area contributed by atoms with E-state index in [0.717, 1.165) is 5.71 Å². The van der Waals surface area contributed by atoms with Gasteiger partial charge >= 0.3 is 0 Å². The third-order valence-electron chi connectivity index (χ3n) is 5.66. The molecule has 1 aromatic rings. The third-order valence-corrected chi connectivity index (χ3v) is 6.45. The number of rotatable bonds is 4. The van der Waals surface area contributed by atoms with E-state index < -0.39 is 39.9 Å². The zero-order valence-corrected chi connectivity index (χ0v) is 18.1. The van der Waals surface area contributed by atoms with Crippen LogP contribution in [0.25, 0.3) is 0 Å². The highest BCUT2D eigenvalue weighted by molar-refractivity contribution is 6.42. The maximum absolute atomic E-state index is 13.3. The third kappa shape index (κ3) is 3.42. The molecule has 0 atom stereocenters. The molecule has 0 spiro atoms. The summed E-state index contributed by atoms with van der Waals surface area (Å²) in [5.41, 5.74) is -1.66. The normalized spacial score (nSPS) is 21.2. The molecule has 0 saturated heterocycles. The molecule has 6 nitrogen and oxygen atoms in total. The van der Waals surface area contributed by atoms with E-state index in [9.17, 15) is 19.2 Å². The Hall–Kier alpha value is -2.05. The summed E-state index contributed by atoms with van der Waals surface area (Å²) in [6.45, 7) is 6.24. The van der Waals surface area contributed by atoms with Crippen molar-refractivity contribution >= 4 is 52.0 Å². The Labute approximate surface area is 178 Å². The van der Waals surface area contributed by atoms with Crippen LogP contribution >= 0.6 is 23.2 Å². The van der Waals surface area contributed by atoms with E-state index in [0.29, 0.717) is 30.0 Å². The van der Waals surface area contributed by atoms with Gasteiger partial charge in [0.05, 0.1) is 21.6 Å².